The first kappa shape index (κ1) is 25.2. The van der Waals surface area contributed by atoms with Gasteiger partial charge in [0, 0.05) is 24.5 Å². The third kappa shape index (κ3) is 5.85. The van der Waals surface area contributed by atoms with Crippen molar-refractivity contribution in [1.29, 1.82) is 0 Å². The molecule has 4 rings (SSSR count). The van der Waals surface area contributed by atoms with Gasteiger partial charge in [-0.2, -0.15) is 0 Å². The molecule has 0 radical (unpaired) electrons. The lowest BCUT2D eigenvalue weighted by molar-refractivity contribution is -0.123. The summed E-state index contributed by atoms with van der Waals surface area (Å²) >= 11 is 10.4. The molecule has 1 aromatic heterocycles. The van der Waals surface area contributed by atoms with Crippen molar-refractivity contribution in [1.82, 2.24) is 10.2 Å². The van der Waals surface area contributed by atoms with Gasteiger partial charge in [-0.05, 0) is 48.5 Å². The molecule has 11 heteroatoms. The summed E-state index contributed by atoms with van der Waals surface area (Å²) in [5, 5.41) is 2.58. The van der Waals surface area contributed by atoms with Crippen molar-refractivity contribution in [3.8, 4) is 5.75 Å². The van der Waals surface area contributed by atoms with Crippen LogP contribution in [0.4, 0.5) is 4.79 Å². The molecule has 180 valence electrons. The summed E-state index contributed by atoms with van der Waals surface area (Å²) in [7, 11) is 1.23. The largest absolute Gasteiger partial charge is 0.488 e. The molecule has 0 unspecified atom stereocenters. The lowest BCUT2D eigenvalue weighted by Gasteiger charge is -2.12. The van der Waals surface area contributed by atoms with Gasteiger partial charge < -0.3 is 19.2 Å². The first-order valence-electron chi connectivity index (χ1n) is 10.1. The average Bonchev–Trinajstić information content (AvgIpc) is 3.39. The van der Waals surface area contributed by atoms with E-state index in [1.54, 1.807) is 18.2 Å². The lowest BCUT2D eigenvalue weighted by Crippen LogP contribution is -2.30. The van der Waals surface area contributed by atoms with Crippen molar-refractivity contribution in [2.75, 3.05) is 7.11 Å². The second-order valence-corrected chi connectivity index (χ2v) is 10.0. The Hall–Kier alpha value is -2.89. The first-order chi connectivity index (χ1) is 16.7. The summed E-state index contributed by atoms with van der Waals surface area (Å²) < 4.78 is 18.6. The molecule has 2 heterocycles. The number of hydrogen-bond donors (Lipinski definition) is 1. The highest BCUT2D eigenvalue weighted by Crippen LogP contribution is 2.29. The Balaban J connectivity index is 1.53. The van der Waals surface area contributed by atoms with Crippen LogP contribution in [0.3, 0.4) is 0 Å². The molecule has 0 spiro atoms. The quantitative estimate of drug-likeness (QED) is 0.188. The van der Waals surface area contributed by atoms with E-state index in [1.165, 1.54) is 19.2 Å². The zero-order valence-electron chi connectivity index (χ0n) is 18.1. The van der Waals surface area contributed by atoms with Gasteiger partial charge in [-0.15, -0.1) is 0 Å². The number of rotatable bonds is 7. The number of benzene rings is 2. The highest BCUT2D eigenvalue weighted by Gasteiger charge is 2.34. The van der Waals surface area contributed by atoms with Gasteiger partial charge in [-0.25, -0.2) is 9.59 Å². The van der Waals surface area contributed by atoms with Gasteiger partial charge in [-0.1, -0.05) is 53.9 Å². The van der Waals surface area contributed by atoms with E-state index in [9.17, 15) is 14.4 Å². The molecule has 0 saturated carbocycles. The van der Waals surface area contributed by atoms with Crippen LogP contribution in [-0.2, 0) is 22.7 Å². The van der Waals surface area contributed by atoms with Crippen LogP contribution in [0.1, 0.15) is 27.4 Å². The van der Waals surface area contributed by atoms with E-state index >= 15 is 0 Å². The summed E-state index contributed by atoms with van der Waals surface area (Å²) in [4.78, 5) is 38.0. The second kappa shape index (κ2) is 10.8. The van der Waals surface area contributed by atoms with Gasteiger partial charge in [0.1, 0.15) is 23.8 Å². The molecule has 0 bridgehead atoms. The SMILES string of the molecule is COC(=O)c1ccc(CN2C(=O)N/C(=C\c3cc(Br)ccc3OCc3ccc(Br)cc3Br)C2=O)o1. The van der Waals surface area contributed by atoms with Gasteiger partial charge in [0.2, 0.25) is 5.76 Å². The number of nitrogens with one attached hydrogen (secondary N) is 1. The molecule has 35 heavy (non-hydrogen) atoms. The van der Waals surface area contributed by atoms with Crippen LogP contribution in [-0.4, -0.2) is 29.9 Å². The van der Waals surface area contributed by atoms with Gasteiger partial charge in [0.05, 0.1) is 13.7 Å². The van der Waals surface area contributed by atoms with Crippen molar-refractivity contribution in [3.63, 3.8) is 0 Å². The van der Waals surface area contributed by atoms with Crippen LogP contribution in [0.25, 0.3) is 6.08 Å². The molecule has 3 aromatic rings. The first-order valence-corrected chi connectivity index (χ1v) is 12.5. The fourth-order valence-corrected chi connectivity index (χ4v) is 4.80. The molecule has 1 aliphatic heterocycles. The van der Waals surface area contributed by atoms with Gasteiger partial charge in [-0.3, -0.25) is 9.69 Å². The van der Waals surface area contributed by atoms with Gasteiger partial charge in [0.25, 0.3) is 5.91 Å². The molecule has 1 N–H and O–H groups in total. The minimum atomic E-state index is -0.647. The molecule has 0 atom stereocenters. The van der Waals surface area contributed by atoms with Crippen LogP contribution in [0.5, 0.6) is 5.75 Å². The zero-order valence-corrected chi connectivity index (χ0v) is 22.9. The molecule has 1 aliphatic rings. The molecule has 8 nitrogen and oxygen atoms in total. The highest BCUT2D eigenvalue weighted by molar-refractivity contribution is 9.11. The Bertz CT molecular complexity index is 1350. The summed E-state index contributed by atoms with van der Waals surface area (Å²) in [5.41, 5.74) is 1.63. The minimum absolute atomic E-state index is 0.0151. The van der Waals surface area contributed by atoms with Crippen molar-refractivity contribution >= 4 is 71.8 Å². The molecule has 1 saturated heterocycles. The molecule has 2 aromatic carbocycles. The fraction of sp³-hybridized carbons (Fsp3) is 0.125. The zero-order chi connectivity index (χ0) is 25.1. The number of hydrogen-bond acceptors (Lipinski definition) is 6. The molecular formula is C24H17Br3N2O6. The Morgan fingerprint density at radius 1 is 1.06 bits per heavy atom. The Morgan fingerprint density at radius 2 is 1.80 bits per heavy atom. The maximum Gasteiger partial charge on any atom is 0.373 e. The summed E-state index contributed by atoms with van der Waals surface area (Å²) in [6.07, 6.45) is 1.55. The third-order valence-corrected chi connectivity index (χ3v) is 6.72. The number of nitrogens with zero attached hydrogens (tertiary/aromatic N) is 1. The monoisotopic (exact) mass is 666 g/mol. The Labute approximate surface area is 225 Å². The maximum atomic E-state index is 13.0. The van der Waals surface area contributed by atoms with Gasteiger partial charge in [0.15, 0.2) is 0 Å². The fourth-order valence-electron chi connectivity index (χ4n) is 3.26. The Morgan fingerprint density at radius 3 is 2.54 bits per heavy atom. The standard InChI is InChI=1S/C24H17Br3N2O6/c1-33-23(31)21-7-5-17(35-21)11-29-22(30)19(28-24(29)32)9-14-8-15(25)4-6-20(14)34-12-13-2-3-16(26)10-18(13)27/h2-10H,11-12H2,1H3,(H,28,32)/b19-9-. The number of esters is 1. The van der Waals surface area contributed by atoms with Crippen molar-refractivity contribution < 1.29 is 28.3 Å². The summed E-state index contributed by atoms with van der Waals surface area (Å²) in [5.74, 6) is -0.399. The smallest absolute Gasteiger partial charge is 0.373 e. The number of amides is 3. The number of ether oxygens (including phenoxy) is 2. The Kier molecular flexibility index (Phi) is 7.78. The summed E-state index contributed by atoms with van der Waals surface area (Å²) in [6.45, 7) is 0.150. The molecule has 1 fully saturated rings. The van der Waals surface area contributed by atoms with E-state index in [2.05, 4.69) is 57.8 Å². The predicted molar refractivity (Wildman–Crippen MR) is 137 cm³/mol. The van der Waals surface area contributed by atoms with Crippen LogP contribution in [0.15, 0.2) is 72.1 Å². The lowest BCUT2D eigenvalue weighted by atomic mass is 10.1. The number of carbonyl (C=O) groups excluding carboxylic acids is 3. The predicted octanol–water partition coefficient (Wildman–Crippen LogP) is 6.03. The summed E-state index contributed by atoms with van der Waals surface area (Å²) in [6, 6.07) is 13.5. The van der Waals surface area contributed by atoms with Crippen LogP contribution in [0, 0.1) is 0 Å². The van der Waals surface area contributed by atoms with E-state index in [1.807, 2.05) is 24.3 Å². The number of imide groups is 1. The van der Waals surface area contributed by atoms with Crippen molar-refractivity contribution in [2.45, 2.75) is 13.2 Å². The van der Waals surface area contributed by atoms with Crippen LogP contribution >= 0.6 is 47.8 Å². The number of methoxy groups -OCH3 is 1. The number of carbonyl (C=O) groups is 3. The average molecular weight is 669 g/mol. The van der Waals surface area contributed by atoms with E-state index in [-0.39, 0.29) is 23.8 Å². The number of furan rings is 1. The van der Waals surface area contributed by atoms with E-state index in [0.29, 0.717) is 17.9 Å². The van der Waals surface area contributed by atoms with E-state index in [4.69, 9.17) is 9.15 Å². The topological polar surface area (TPSA) is 98.1 Å². The highest BCUT2D eigenvalue weighted by atomic mass is 79.9. The number of urea groups is 1. The number of halogens is 3. The molecule has 0 aliphatic carbocycles. The normalized spacial score (nSPS) is 14.4. The second-order valence-electron chi connectivity index (χ2n) is 7.34. The molecule has 3 amide bonds. The van der Waals surface area contributed by atoms with E-state index in [0.717, 1.165) is 23.9 Å². The van der Waals surface area contributed by atoms with Crippen LogP contribution in [0.2, 0.25) is 0 Å². The van der Waals surface area contributed by atoms with Crippen LogP contribution < -0.4 is 10.1 Å². The molecular weight excluding hydrogens is 652 g/mol. The van der Waals surface area contributed by atoms with Gasteiger partial charge >= 0.3 is 12.0 Å². The van der Waals surface area contributed by atoms with E-state index < -0.39 is 17.9 Å². The van der Waals surface area contributed by atoms with Crippen molar-refractivity contribution in [3.05, 3.63) is 90.3 Å². The van der Waals surface area contributed by atoms with Crippen molar-refractivity contribution in [2.24, 2.45) is 0 Å². The third-order valence-electron chi connectivity index (χ3n) is 4.99. The maximum absolute atomic E-state index is 13.0. The minimum Gasteiger partial charge on any atom is -0.488 e.